The predicted octanol–water partition coefficient (Wildman–Crippen LogP) is 3.69. The molecule has 0 unspecified atom stereocenters. The Bertz CT molecular complexity index is 853. The Labute approximate surface area is 146 Å². The highest BCUT2D eigenvalue weighted by atomic mass is 32.1. The minimum Gasteiger partial charge on any atom is -0.435 e. The van der Waals surface area contributed by atoms with Gasteiger partial charge in [-0.15, -0.1) is 0 Å². The summed E-state index contributed by atoms with van der Waals surface area (Å²) in [6.07, 6.45) is 1.49. The fourth-order valence-corrected chi connectivity index (χ4v) is 2.59. The molecule has 0 aliphatic carbocycles. The van der Waals surface area contributed by atoms with Crippen molar-refractivity contribution in [3.05, 3.63) is 65.6 Å². The van der Waals surface area contributed by atoms with Crippen molar-refractivity contribution in [1.29, 1.82) is 0 Å². The van der Waals surface area contributed by atoms with Crippen molar-refractivity contribution in [3.63, 3.8) is 0 Å². The van der Waals surface area contributed by atoms with Gasteiger partial charge in [-0.1, -0.05) is 24.3 Å². The lowest BCUT2D eigenvalue weighted by molar-refractivity contribution is -0.113. The van der Waals surface area contributed by atoms with Gasteiger partial charge < -0.3 is 10.1 Å². The number of amides is 1. The summed E-state index contributed by atoms with van der Waals surface area (Å²) in [6, 6.07) is 11.5. The number of para-hydroxylation sites is 1. The first kappa shape index (κ1) is 17.0. The molecule has 8 heteroatoms. The highest BCUT2D eigenvalue weighted by molar-refractivity contribution is 7.80. The van der Waals surface area contributed by atoms with Crippen molar-refractivity contribution in [2.45, 2.75) is 6.61 Å². The maximum absolute atomic E-state index is 13.9. The Morgan fingerprint density at radius 2 is 1.80 bits per heavy atom. The van der Waals surface area contributed by atoms with Gasteiger partial charge in [0.15, 0.2) is 5.11 Å². The van der Waals surface area contributed by atoms with Crippen molar-refractivity contribution in [1.82, 2.24) is 5.32 Å². The van der Waals surface area contributed by atoms with Crippen molar-refractivity contribution in [2.24, 2.45) is 0 Å². The van der Waals surface area contributed by atoms with E-state index in [9.17, 15) is 18.0 Å². The number of ether oxygens (including phenoxy) is 1. The van der Waals surface area contributed by atoms with Crippen molar-refractivity contribution >= 4 is 35.0 Å². The number of carbonyl (C=O) groups is 1. The van der Waals surface area contributed by atoms with Gasteiger partial charge in [0.05, 0.1) is 5.69 Å². The molecule has 4 nitrogen and oxygen atoms in total. The summed E-state index contributed by atoms with van der Waals surface area (Å²) < 4.78 is 42.5. The zero-order valence-corrected chi connectivity index (χ0v) is 13.4. The topological polar surface area (TPSA) is 41.6 Å². The fourth-order valence-electron chi connectivity index (χ4n) is 2.30. The zero-order chi connectivity index (χ0) is 18.0. The predicted molar refractivity (Wildman–Crippen MR) is 90.7 cm³/mol. The van der Waals surface area contributed by atoms with Crippen molar-refractivity contribution in [3.8, 4) is 5.75 Å². The molecule has 0 atom stereocenters. The lowest BCUT2D eigenvalue weighted by Gasteiger charge is -2.14. The molecular formula is C17H11F3N2O2S. The second-order valence-corrected chi connectivity index (χ2v) is 5.41. The molecule has 0 radical (unpaired) electrons. The molecule has 1 N–H and O–H groups in total. The van der Waals surface area contributed by atoms with E-state index in [1.165, 1.54) is 48.5 Å². The van der Waals surface area contributed by atoms with E-state index in [1.54, 1.807) is 6.07 Å². The van der Waals surface area contributed by atoms with Crippen molar-refractivity contribution < 1.29 is 22.7 Å². The third-order valence-corrected chi connectivity index (χ3v) is 3.67. The summed E-state index contributed by atoms with van der Waals surface area (Å²) in [5, 5.41) is 2.78. The van der Waals surface area contributed by atoms with Gasteiger partial charge in [0.25, 0.3) is 5.91 Å². The molecule has 25 heavy (non-hydrogen) atoms. The normalized spacial score (nSPS) is 15.8. The van der Waals surface area contributed by atoms with Gasteiger partial charge in [-0.2, -0.15) is 8.78 Å². The van der Waals surface area contributed by atoms with Crippen LogP contribution in [0.5, 0.6) is 5.75 Å². The fraction of sp³-hybridized carbons (Fsp3) is 0.0588. The van der Waals surface area contributed by atoms with E-state index in [0.717, 1.165) is 4.90 Å². The average molecular weight is 364 g/mol. The van der Waals surface area contributed by atoms with Gasteiger partial charge >= 0.3 is 6.61 Å². The van der Waals surface area contributed by atoms with E-state index in [0.29, 0.717) is 5.56 Å². The first-order valence-corrected chi connectivity index (χ1v) is 7.53. The van der Waals surface area contributed by atoms with E-state index in [1.807, 2.05) is 0 Å². The van der Waals surface area contributed by atoms with Crippen LogP contribution in [0.3, 0.4) is 0 Å². The van der Waals surface area contributed by atoms with Crippen LogP contribution in [0.15, 0.2) is 54.2 Å². The largest absolute Gasteiger partial charge is 0.435 e. The lowest BCUT2D eigenvalue weighted by atomic mass is 10.2. The van der Waals surface area contributed by atoms with Gasteiger partial charge in [-0.05, 0) is 48.1 Å². The minimum absolute atomic E-state index is 0.00589. The number of nitrogens with zero attached hydrogens (tertiary/aromatic N) is 1. The molecule has 1 aliphatic heterocycles. The van der Waals surface area contributed by atoms with Crippen LogP contribution < -0.4 is 15.0 Å². The third-order valence-electron chi connectivity index (χ3n) is 3.39. The summed E-state index contributed by atoms with van der Waals surface area (Å²) in [4.78, 5) is 13.6. The Morgan fingerprint density at radius 1 is 1.12 bits per heavy atom. The number of anilines is 1. The second kappa shape index (κ2) is 6.94. The smallest absolute Gasteiger partial charge is 0.387 e. The monoisotopic (exact) mass is 364 g/mol. The van der Waals surface area contributed by atoms with Gasteiger partial charge in [0, 0.05) is 0 Å². The van der Waals surface area contributed by atoms with Crippen LogP contribution in [0.4, 0.5) is 18.9 Å². The van der Waals surface area contributed by atoms with Gasteiger partial charge in [-0.25, -0.2) is 9.29 Å². The molecular weight excluding hydrogens is 353 g/mol. The minimum atomic E-state index is -2.91. The van der Waals surface area contributed by atoms with Crippen LogP contribution in [0.25, 0.3) is 6.08 Å². The van der Waals surface area contributed by atoms with Crippen LogP contribution in [-0.2, 0) is 4.79 Å². The number of benzene rings is 2. The summed E-state index contributed by atoms with van der Waals surface area (Å²) in [6.45, 7) is -2.91. The molecule has 1 fully saturated rings. The van der Waals surface area contributed by atoms with Crippen LogP contribution in [0, 0.1) is 5.82 Å². The number of alkyl halides is 2. The molecule has 1 heterocycles. The zero-order valence-electron chi connectivity index (χ0n) is 12.6. The average Bonchev–Trinajstić information content (AvgIpc) is 2.83. The van der Waals surface area contributed by atoms with E-state index >= 15 is 0 Å². The molecule has 1 saturated heterocycles. The first-order chi connectivity index (χ1) is 12.0. The van der Waals surface area contributed by atoms with E-state index in [4.69, 9.17) is 12.2 Å². The molecule has 3 rings (SSSR count). The molecule has 0 spiro atoms. The summed E-state index contributed by atoms with van der Waals surface area (Å²) in [5.74, 6) is -1.08. The maximum Gasteiger partial charge on any atom is 0.387 e. The Balaban J connectivity index is 1.84. The summed E-state index contributed by atoms with van der Waals surface area (Å²) >= 11 is 5.10. The van der Waals surface area contributed by atoms with Crippen LogP contribution in [0.1, 0.15) is 5.56 Å². The second-order valence-electron chi connectivity index (χ2n) is 5.03. The SMILES string of the molecule is O=C1/C(=C/c2ccc(OC(F)F)cc2)NC(=S)N1c1ccccc1F. The molecule has 2 aromatic rings. The standard InChI is InChI=1S/C17H11F3N2O2S/c18-12-3-1-2-4-14(12)22-15(23)13(21-17(22)25)9-10-5-7-11(8-6-10)24-16(19)20/h1-9,16H,(H,21,25)/b13-9-. The van der Waals surface area contributed by atoms with Gasteiger partial charge in [-0.3, -0.25) is 4.79 Å². The molecule has 0 bridgehead atoms. The maximum atomic E-state index is 13.9. The molecule has 1 aliphatic rings. The quantitative estimate of drug-likeness (QED) is 0.664. The first-order valence-electron chi connectivity index (χ1n) is 7.12. The number of hydrogen-bond donors (Lipinski definition) is 1. The van der Waals surface area contributed by atoms with Gasteiger partial charge in [0.2, 0.25) is 0 Å². The highest BCUT2D eigenvalue weighted by Gasteiger charge is 2.33. The molecule has 0 aromatic heterocycles. The van der Waals surface area contributed by atoms with Crippen LogP contribution in [-0.4, -0.2) is 17.6 Å². The molecule has 128 valence electrons. The summed E-state index contributed by atoms with van der Waals surface area (Å²) in [5.41, 5.74) is 0.764. The number of nitrogens with one attached hydrogen (secondary N) is 1. The Hall–Kier alpha value is -2.87. The Morgan fingerprint density at radius 3 is 2.44 bits per heavy atom. The highest BCUT2D eigenvalue weighted by Crippen LogP contribution is 2.25. The Kier molecular flexibility index (Phi) is 4.71. The van der Waals surface area contributed by atoms with Gasteiger partial charge in [0.1, 0.15) is 17.3 Å². The lowest BCUT2D eigenvalue weighted by Crippen LogP contribution is -2.31. The molecule has 0 saturated carbocycles. The van der Waals surface area contributed by atoms with E-state index in [-0.39, 0.29) is 22.2 Å². The van der Waals surface area contributed by atoms with Crippen LogP contribution >= 0.6 is 12.2 Å². The number of halogens is 3. The van der Waals surface area contributed by atoms with E-state index in [2.05, 4.69) is 10.1 Å². The van der Waals surface area contributed by atoms with Crippen molar-refractivity contribution in [2.75, 3.05) is 4.90 Å². The number of hydrogen-bond acceptors (Lipinski definition) is 3. The molecule has 1 amide bonds. The number of thiocarbonyl (C=S) groups is 1. The summed E-state index contributed by atoms with van der Waals surface area (Å²) in [7, 11) is 0. The van der Waals surface area contributed by atoms with Crippen LogP contribution in [0.2, 0.25) is 0 Å². The molecule has 2 aromatic carbocycles. The third kappa shape index (κ3) is 3.63. The van der Waals surface area contributed by atoms with E-state index < -0.39 is 18.3 Å². The number of carbonyl (C=O) groups excluding carboxylic acids is 1. The number of rotatable bonds is 4.